The molecule has 2 heterocycles. The Balaban J connectivity index is 1.63. The average Bonchev–Trinajstić information content (AvgIpc) is 2.95. The molecule has 0 spiro atoms. The van der Waals surface area contributed by atoms with E-state index >= 15 is 0 Å². The van der Waals surface area contributed by atoms with E-state index in [-0.39, 0.29) is 11.6 Å². The van der Waals surface area contributed by atoms with Crippen LogP contribution in [0.4, 0.5) is 4.39 Å². The van der Waals surface area contributed by atoms with Crippen molar-refractivity contribution in [2.75, 3.05) is 13.2 Å². The van der Waals surface area contributed by atoms with Gasteiger partial charge in [-0.15, -0.1) is 0 Å². The maximum atomic E-state index is 13.6. The van der Waals surface area contributed by atoms with Gasteiger partial charge in [-0.05, 0) is 25.0 Å². The van der Waals surface area contributed by atoms with E-state index in [1.54, 1.807) is 18.2 Å². The molecule has 106 valence electrons. The lowest BCUT2D eigenvalue weighted by atomic mass is 10.1. The number of aromatic nitrogens is 2. The smallest absolute Gasteiger partial charge is 0.240 e. The number of nitrogens with zero attached hydrogens (tertiary/aromatic N) is 2. The molecule has 0 bridgehead atoms. The fourth-order valence-corrected chi connectivity index (χ4v) is 2.21. The van der Waals surface area contributed by atoms with Crippen LogP contribution in [0.1, 0.15) is 18.7 Å². The minimum atomic E-state index is -0.353. The monoisotopic (exact) mass is 277 g/mol. The molecular formula is C14H16FN3O2. The van der Waals surface area contributed by atoms with Crippen molar-refractivity contribution in [1.82, 2.24) is 15.5 Å². The fraction of sp³-hybridized carbons (Fsp3) is 0.429. The summed E-state index contributed by atoms with van der Waals surface area (Å²) in [5, 5.41) is 7.12. The van der Waals surface area contributed by atoms with Crippen LogP contribution in [0.5, 0.6) is 0 Å². The third-order valence-electron chi connectivity index (χ3n) is 3.29. The number of nitrogens with one attached hydrogen (secondary N) is 1. The highest BCUT2D eigenvalue weighted by atomic mass is 19.1. The molecule has 1 aromatic carbocycles. The predicted molar refractivity (Wildman–Crippen MR) is 70.4 cm³/mol. The molecule has 0 saturated carbocycles. The van der Waals surface area contributed by atoms with Crippen molar-refractivity contribution in [3.8, 4) is 11.4 Å². The highest BCUT2D eigenvalue weighted by molar-refractivity contribution is 5.54. The average molecular weight is 277 g/mol. The van der Waals surface area contributed by atoms with E-state index < -0.39 is 0 Å². The first-order chi connectivity index (χ1) is 9.83. The summed E-state index contributed by atoms with van der Waals surface area (Å²) in [6.45, 7) is 2.00. The van der Waals surface area contributed by atoms with E-state index in [2.05, 4.69) is 15.5 Å². The Bertz CT molecular complexity index is 567. The van der Waals surface area contributed by atoms with Crippen molar-refractivity contribution in [2.45, 2.75) is 25.4 Å². The van der Waals surface area contributed by atoms with E-state index in [1.165, 1.54) is 6.07 Å². The van der Waals surface area contributed by atoms with Crippen LogP contribution in [0.3, 0.4) is 0 Å². The third kappa shape index (κ3) is 3.02. The summed E-state index contributed by atoms with van der Waals surface area (Å²) in [5.41, 5.74) is 0.350. The van der Waals surface area contributed by atoms with Crippen molar-refractivity contribution >= 4 is 0 Å². The van der Waals surface area contributed by atoms with Gasteiger partial charge in [0.15, 0.2) is 0 Å². The van der Waals surface area contributed by atoms with Crippen molar-refractivity contribution in [2.24, 2.45) is 0 Å². The molecule has 1 N–H and O–H groups in total. The molecule has 3 rings (SSSR count). The SMILES string of the molecule is Fc1ccccc1-c1noc(CN[C@H]2CCCOC2)n1. The maximum absolute atomic E-state index is 13.6. The summed E-state index contributed by atoms with van der Waals surface area (Å²) < 4.78 is 24.1. The number of halogens is 1. The Morgan fingerprint density at radius 2 is 2.25 bits per heavy atom. The van der Waals surface area contributed by atoms with Gasteiger partial charge in [0.25, 0.3) is 0 Å². The third-order valence-corrected chi connectivity index (χ3v) is 3.29. The van der Waals surface area contributed by atoms with Crippen LogP contribution in [0, 0.1) is 5.82 Å². The van der Waals surface area contributed by atoms with Gasteiger partial charge in [0, 0.05) is 12.6 Å². The molecule has 1 saturated heterocycles. The summed E-state index contributed by atoms with van der Waals surface area (Å²) in [6, 6.07) is 6.69. The second-order valence-electron chi connectivity index (χ2n) is 4.79. The van der Waals surface area contributed by atoms with E-state index in [0.29, 0.717) is 30.6 Å². The minimum absolute atomic E-state index is 0.278. The number of rotatable bonds is 4. The fourth-order valence-electron chi connectivity index (χ4n) is 2.21. The molecule has 1 aromatic heterocycles. The van der Waals surface area contributed by atoms with Crippen LogP contribution >= 0.6 is 0 Å². The number of hydrogen-bond donors (Lipinski definition) is 1. The molecule has 20 heavy (non-hydrogen) atoms. The zero-order valence-corrected chi connectivity index (χ0v) is 11.0. The maximum Gasteiger partial charge on any atom is 0.240 e. The van der Waals surface area contributed by atoms with Gasteiger partial charge in [-0.25, -0.2) is 4.39 Å². The summed E-state index contributed by atoms with van der Waals surface area (Å²) >= 11 is 0. The molecule has 1 fully saturated rings. The van der Waals surface area contributed by atoms with E-state index in [0.717, 1.165) is 19.4 Å². The van der Waals surface area contributed by atoms with Gasteiger partial charge in [-0.2, -0.15) is 4.98 Å². The highest BCUT2D eigenvalue weighted by Crippen LogP contribution is 2.19. The van der Waals surface area contributed by atoms with Crippen LogP contribution in [0.15, 0.2) is 28.8 Å². The Morgan fingerprint density at radius 1 is 1.35 bits per heavy atom. The summed E-state index contributed by atoms with van der Waals surface area (Å²) in [5.74, 6) is 0.377. The molecule has 0 radical (unpaired) electrons. The van der Waals surface area contributed by atoms with E-state index in [9.17, 15) is 4.39 Å². The molecule has 0 unspecified atom stereocenters. The minimum Gasteiger partial charge on any atom is -0.380 e. The zero-order valence-electron chi connectivity index (χ0n) is 11.0. The van der Waals surface area contributed by atoms with E-state index in [1.807, 2.05) is 0 Å². The van der Waals surface area contributed by atoms with Gasteiger partial charge in [0.1, 0.15) is 5.82 Å². The number of hydrogen-bond acceptors (Lipinski definition) is 5. The van der Waals surface area contributed by atoms with Crippen molar-refractivity contribution in [3.63, 3.8) is 0 Å². The zero-order chi connectivity index (χ0) is 13.8. The Morgan fingerprint density at radius 3 is 3.05 bits per heavy atom. The van der Waals surface area contributed by atoms with Gasteiger partial charge in [0.05, 0.1) is 18.7 Å². The van der Waals surface area contributed by atoms with Crippen LogP contribution in [0.2, 0.25) is 0 Å². The van der Waals surface area contributed by atoms with Gasteiger partial charge in [-0.1, -0.05) is 17.3 Å². The largest absolute Gasteiger partial charge is 0.380 e. The second-order valence-corrected chi connectivity index (χ2v) is 4.79. The number of ether oxygens (including phenoxy) is 1. The topological polar surface area (TPSA) is 60.2 Å². The van der Waals surface area contributed by atoms with Crippen LogP contribution in [-0.4, -0.2) is 29.4 Å². The lowest BCUT2D eigenvalue weighted by Gasteiger charge is -2.22. The molecule has 1 aliphatic heterocycles. The first kappa shape index (κ1) is 13.2. The van der Waals surface area contributed by atoms with E-state index in [4.69, 9.17) is 9.26 Å². The summed E-state index contributed by atoms with van der Waals surface area (Å²) in [4.78, 5) is 4.20. The molecule has 0 amide bonds. The normalized spacial score (nSPS) is 19.1. The Labute approximate surface area is 116 Å². The molecule has 2 aromatic rings. The van der Waals surface area contributed by atoms with Gasteiger partial charge >= 0.3 is 0 Å². The molecule has 0 aliphatic carbocycles. The lowest BCUT2D eigenvalue weighted by Crippen LogP contribution is -2.36. The molecule has 1 atom stereocenters. The van der Waals surface area contributed by atoms with Gasteiger partial charge in [-0.3, -0.25) is 0 Å². The first-order valence-electron chi connectivity index (χ1n) is 6.71. The Hall–Kier alpha value is -1.79. The quantitative estimate of drug-likeness (QED) is 0.927. The van der Waals surface area contributed by atoms with Crippen LogP contribution in [-0.2, 0) is 11.3 Å². The van der Waals surface area contributed by atoms with Gasteiger partial charge in [0.2, 0.25) is 11.7 Å². The first-order valence-corrected chi connectivity index (χ1v) is 6.71. The number of benzene rings is 1. The molecule has 1 aliphatic rings. The Kier molecular flexibility index (Phi) is 4.03. The van der Waals surface area contributed by atoms with Crippen LogP contribution < -0.4 is 5.32 Å². The van der Waals surface area contributed by atoms with Crippen molar-refractivity contribution in [1.29, 1.82) is 0 Å². The predicted octanol–water partition coefficient (Wildman–Crippen LogP) is 2.14. The molecule has 5 nitrogen and oxygen atoms in total. The highest BCUT2D eigenvalue weighted by Gasteiger charge is 2.16. The molecule has 6 heteroatoms. The lowest BCUT2D eigenvalue weighted by molar-refractivity contribution is 0.0689. The summed E-state index contributed by atoms with van der Waals surface area (Å²) in [7, 11) is 0. The standard InChI is InChI=1S/C14H16FN3O2/c15-12-6-2-1-5-11(12)14-17-13(20-18-14)8-16-10-4-3-7-19-9-10/h1-2,5-6,10,16H,3-4,7-9H2/t10-/m0/s1. The van der Waals surface area contributed by atoms with Crippen molar-refractivity contribution in [3.05, 3.63) is 36.0 Å². The van der Waals surface area contributed by atoms with Crippen molar-refractivity contribution < 1.29 is 13.7 Å². The van der Waals surface area contributed by atoms with Crippen LogP contribution in [0.25, 0.3) is 11.4 Å². The van der Waals surface area contributed by atoms with Gasteiger partial charge < -0.3 is 14.6 Å². The second kappa shape index (κ2) is 6.11. The summed E-state index contributed by atoms with van der Waals surface area (Å²) in [6.07, 6.45) is 2.14. The molecular weight excluding hydrogens is 261 g/mol.